The predicted molar refractivity (Wildman–Crippen MR) is 75.7 cm³/mol. The summed E-state index contributed by atoms with van der Waals surface area (Å²) in [5, 5.41) is 5.66. The first-order chi connectivity index (χ1) is 9.74. The van der Waals surface area contributed by atoms with Gasteiger partial charge >= 0.3 is 0 Å². The van der Waals surface area contributed by atoms with Gasteiger partial charge in [-0.3, -0.25) is 4.79 Å². The molecule has 0 radical (unpaired) electrons. The van der Waals surface area contributed by atoms with E-state index in [1.54, 1.807) is 25.4 Å². The van der Waals surface area contributed by atoms with Crippen LogP contribution in [0.1, 0.15) is 16.1 Å². The highest BCUT2D eigenvalue weighted by Crippen LogP contribution is 2.15. The third-order valence-electron chi connectivity index (χ3n) is 2.71. The molecule has 1 heterocycles. The van der Waals surface area contributed by atoms with E-state index in [9.17, 15) is 4.79 Å². The Kier molecular flexibility index (Phi) is 4.49. The highest BCUT2D eigenvalue weighted by atomic mass is 16.5. The molecule has 20 heavy (non-hydrogen) atoms. The molecule has 2 N–H and O–H groups in total. The third-order valence-corrected chi connectivity index (χ3v) is 2.71. The minimum atomic E-state index is -0.160. The third kappa shape index (κ3) is 3.23. The van der Waals surface area contributed by atoms with Crippen LogP contribution in [0.25, 0.3) is 0 Å². The molecule has 0 atom stereocenters. The number of nitrogens with zero attached hydrogens (tertiary/aromatic N) is 2. The second-order valence-electron chi connectivity index (χ2n) is 4.01. The van der Waals surface area contributed by atoms with E-state index in [0.29, 0.717) is 23.0 Å². The number of hydrogen-bond donors (Lipinski definition) is 2. The van der Waals surface area contributed by atoms with Gasteiger partial charge in [-0.2, -0.15) is 4.98 Å². The molecule has 0 bridgehead atoms. The lowest BCUT2D eigenvalue weighted by molar-refractivity contribution is 0.0950. The Hall–Kier alpha value is -2.63. The number of carbonyl (C=O) groups is 1. The van der Waals surface area contributed by atoms with Crippen LogP contribution in [0.2, 0.25) is 0 Å². The minimum Gasteiger partial charge on any atom is -0.480 e. The molecule has 2 rings (SSSR count). The molecule has 1 aromatic carbocycles. The normalized spacial score (nSPS) is 9.90. The average Bonchev–Trinajstić information content (AvgIpc) is 2.53. The van der Waals surface area contributed by atoms with E-state index < -0.39 is 0 Å². The SMILES string of the molecule is CNc1cnc(CNC(=O)c2ccccc2)c(OC)n1. The zero-order valence-electron chi connectivity index (χ0n) is 11.4. The first-order valence-electron chi connectivity index (χ1n) is 6.15. The van der Waals surface area contributed by atoms with Crippen LogP contribution < -0.4 is 15.4 Å². The Morgan fingerprint density at radius 2 is 2.05 bits per heavy atom. The van der Waals surface area contributed by atoms with Gasteiger partial charge in [0.2, 0.25) is 5.88 Å². The highest BCUT2D eigenvalue weighted by Gasteiger charge is 2.10. The molecule has 0 aliphatic heterocycles. The van der Waals surface area contributed by atoms with Crippen molar-refractivity contribution in [3.8, 4) is 5.88 Å². The smallest absolute Gasteiger partial charge is 0.251 e. The molecule has 2 aromatic rings. The lowest BCUT2D eigenvalue weighted by Gasteiger charge is -2.09. The molecule has 0 saturated heterocycles. The van der Waals surface area contributed by atoms with Crippen LogP contribution in [0.4, 0.5) is 5.82 Å². The van der Waals surface area contributed by atoms with E-state index in [4.69, 9.17) is 4.74 Å². The number of rotatable bonds is 5. The molecule has 1 aromatic heterocycles. The molecule has 0 saturated carbocycles. The minimum absolute atomic E-state index is 0.160. The lowest BCUT2D eigenvalue weighted by atomic mass is 10.2. The Morgan fingerprint density at radius 1 is 1.30 bits per heavy atom. The Morgan fingerprint density at radius 3 is 2.70 bits per heavy atom. The number of benzene rings is 1. The van der Waals surface area contributed by atoms with Gasteiger partial charge in [-0.15, -0.1) is 0 Å². The summed E-state index contributed by atoms with van der Waals surface area (Å²) in [6.45, 7) is 0.258. The van der Waals surface area contributed by atoms with Gasteiger partial charge in [-0.25, -0.2) is 4.98 Å². The number of anilines is 1. The fourth-order valence-electron chi connectivity index (χ4n) is 1.66. The van der Waals surface area contributed by atoms with Crippen molar-refractivity contribution in [3.63, 3.8) is 0 Å². The molecule has 6 heteroatoms. The lowest BCUT2D eigenvalue weighted by Crippen LogP contribution is -2.23. The van der Waals surface area contributed by atoms with Gasteiger partial charge in [0.05, 0.1) is 19.9 Å². The van der Waals surface area contributed by atoms with Gasteiger partial charge in [0.25, 0.3) is 5.91 Å². The summed E-state index contributed by atoms with van der Waals surface area (Å²) >= 11 is 0. The molecule has 104 valence electrons. The van der Waals surface area contributed by atoms with Crippen LogP contribution in [0.5, 0.6) is 5.88 Å². The molecule has 0 spiro atoms. The predicted octanol–water partition coefficient (Wildman–Crippen LogP) is 1.46. The fourth-order valence-corrected chi connectivity index (χ4v) is 1.66. The van der Waals surface area contributed by atoms with Crippen molar-refractivity contribution in [1.82, 2.24) is 15.3 Å². The van der Waals surface area contributed by atoms with Crippen LogP contribution in [-0.2, 0) is 6.54 Å². The van der Waals surface area contributed by atoms with Gasteiger partial charge in [-0.05, 0) is 12.1 Å². The summed E-state index contributed by atoms with van der Waals surface area (Å²) in [6, 6.07) is 9.00. The zero-order chi connectivity index (χ0) is 14.4. The maximum atomic E-state index is 11.9. The van der Waals surface area contributed by atoms with Crippen molar-refractivity contribution in [1.29, 1.82) is 0 Å². The largest absolute Gasteiger partial charge is 0.480 e. The molecule has 0 aliphatic rings. The topological polar surface area (TPSA) is 76.1 Å². The summed E-state index contributed by atoms with van der Waals surface area (Å²) in [4.78, 5) is 20.4. The summed E-state index contributed by atoms with van der Waals surface area (Å²) in [6.07, 6.45) is 1.59. The fraction of sp³-hybridized carbons (Fsp3) is 0.214. The van der Waals surface area contributed by atoms with E-state index in [1.807, 2.05) is 18.2 Å². The Labute approximate surface area is 117 Å². The summed E-state index contributed by atoms with van der Waals surface area (Å²) in [5.74, 6) is 0.845. The van der Waals surface area contributed by atoms with Gasteiger partial charge in [-0.1, -0.05) is 18.2 Å². The maximum Gasteiger partial charge on any atom is 0.251 e. The van der Waals surface area contributed by atoms with Crippen molar-refractivity contribution >= 4 is 11.7 Å². The van der Waals surface area contributed by atoms with Crippen molar-refractivity contribution in [2.75, 3.05) is 19.5 Å². The van der Waals surface area contributed by atoms with Crippen LogP contribution in [0.3, 0.4) is 0 Å². The van der Waals surface area contributed by atoms with E-state index in [-0.39, 0.29) is 12.5 Å². The highest BCUT2D eigenvalue weighted by molar-refractivity contribution is 5.94. The number of nitrogens with one attached hydrogen (secondary N) is 2. The molecule has 6 nitrogen and oxygen atoms in total. The zero-order valence-corrected chi connectivity index (χ0v) is 11.4. The van der Waals surface area contributed by atoms with Crippen LogP contribution in [0, 0.1) is 0 Å². The number of aromatic nitrogens is 2. The average molecular weight is 272 g/mol. The second-order valence-corrected chi connectivity index (χ2v) is 4.01. The Bertz CT molecular complexity index is 587. The summed E-state index contributed by atoms with van der Waals surface area (Å²) in [5.41, 5.74) is 1.18. The van der Waals surface area contributed by atoms with Crippen molar-refractivity contribution in [3.05, 3.63) is 47.8 Å². The number of methoxy groups -OCH3 is 1. The molecular weight excluding hydrogens is 256 g/mol. The number of amides is 1. The van der Waals surface area contributed by atoms with E-state index in [0.717, 1.165) is 0 Å². The monoisotopic (exact) mass is 272 g/mol. The van der Waals surface area contributed by atoms with Crippen LogP contribution >= 0.6 is 0 Å². The van der Waals surface area contributed by atoms with Crippen molar-refractivity contribution in [2.45, 2.75) is 6.54 Å². The standard InChI is InChI=1S/C14H16N4O2/c1-15-12-9-16-11(14(18-12)20-2)8-17-13(19)10-6-4-3-5-7-10/h3-7,9H,8H2,1-2H3,(H,15,18)(H,17,19). The van der Waals surface area contributed by atoms with Crippen LogP contribution in [0.15, 0.2) is 36.5 Å². The van der Waals surface area contributed by atoms with Gasteiger partial charge in [0.1, 0.15) is 11.5 Å². The van der Waals surface area contributed by atoms with Gasteiger partial charge < -0.3 is 15.4 Å². The first kappa shape index (κ1) is 13.8. The van der Waals surface area contributed by atoms with E-state index >= 15 is 0 Å². The van der Waals surface area contributed by atoms with Gasteiger partial charge in [0, 0.05) is 12.6 Å². The number of ether oxygens (including phenoxy) is 1. The van der Waals surface area contributed by atoms with Crippen LogP contribution in [-0.4, -0.2) is 30.0 Å². The maximum absolute atomic E-state index is 11.9. The Balaban J connectivity index is 2.05. The summed E-state index contributed by atoms with van der Waals surface area (Å²) < 4.78 is 5.16. The first-order valence-corrected chi connectivity index (χ1v) is 6.15. The second kappa shape index (κ2) is 6.51. The number of carbonyl (C=O) groups excluding carboxylic acids is 1. The molecule has 0 unspecified atom stereocenters. The van der Waals surface area contributed by atoms with Crippen molar-refractivity contribution in [2.24, 2.45) is 0 Å². The quantitative estimate of drug-likeness (QED) is 0.861. The summed E-state index contributed by atoms with van der Waals surface area (Å²) in [7, 11) is 3.27. The van der Waals surface area contributed by atoms with Crippen molar-refractivity contribution < 1.29 is 9.53 Å². The van der Waals surface area contributed by atoms with E-state index in [2.05, 4.69) is 20.6 Å². The molecule has 1 amide bonds. The molecule has 0 fully saturated rings. The molecule has 0 aliphatic carbocycles. The van der Waals surface area contributed by atoms with Gasteiger partial charge in [0.15, 0.2) is 0 Å². The molecular formula is C14H16N4O2. The van der Waals surface area contributed by atoms with E-state index in [1.165, 1.54) is 7.11 Å². The number of hydrogen-bond acceptors (Lipinski definition) is 5.